The SMILES string of the molecule is C=CCCc1ccc(-c2ccc(C#Cc3ccc4c(F)c(F)c(F)cc4c3)cc2)c(F)c1. The van der Waals surface area contributed by atoms with Crippen LogP contribution in [0.2, 0.25) is 0 Å². The molecular weight excluding hydrogens is 412 g/mol. The monoisotopic (exact) mass is 430 g/mol. The van der Waals surface area contributed by atoms with E-state index in [4.69, 9.17) is 0 Å². The van der Waals surface area contributed by atoms with E-state index in [0.717, 1.165) is 30.0 Å². The molecule has 158 valence electrons. The average molecular weight is 430 g/mol. The molecule has 0 aliphatic carbocycles. The third kappa shape index (κ3) is 4.43. The summed E-state index contributed by atoms with van der Waals surface area (Å²) in [6.45, 7) is 3.68. The summed E-state index contributed by atoms with van der Waals surface area (Å²) in [5.74, 6) is 1.69. The lowest BCUT2D eigenvalue weighted by Crippen LogP contribution is -1.92. The van der Waals surface area contributed by atoms with Crippen LogP contribution in [0.3, 0.4) is 0 Å². The summed E-state index contributed by atoms with van der Waals surface area (Å²) < 4.78 is 55.2. The van der Waals surface area contributed by atoms with Gasteiger partial charge < -0.3 is 0 Å². The summed E-state index contributed by atoms with van der Waals surface area (Å²) in [6.07, 6.45) is 3.35. The van der Waals surface area contributed by atoms with Gasteiger partial charge in [0.2, 0.25) is 0 Å². The van der Waals surface area contributed by atoms with Crippen LogP contribution in [0.4, 0.5) is 17.6 Å². The Kier molecular flexibility index (Phi) is 6.09. The molecule has 0 spiro atoms. The molecule has 0 radical (unpaired) electrons. The summed E-state index contributed by atoms with van der Waals surface area (Å²) in [5.41, 5.74) is 3.41. The molecule has 0 aliphatic heterocycles. The zero-order valence-corrected chi connectivity index (χ0v) is 17.1. The topological polar surface area (TPSA) is 0 Å². The predicted molar refractivity (Wildman–Crippen MR) is 120 cm³/mol. The highest BCUT2D eigenvalue weighted by Crippen LogP contribution is 2.25. The van der Waals surface area contributed by atoms with Gasteiger partial charge in [-0.3, -0.25) is 0 Å². The summed E-state index contributed by atoms with van der Waals surface area (Å²) in [4.78, 5) is 0. The molecule has 32 heavy (non-hydrogen) atoms. The smallest absolute Gasteiger partial charge is 0.195 e. The molecule has 4 heteroatoms. The van der Waals surface area contributed by atoms with Gasteiger partial charge in [-0.05, 0) is 65.8 Å². The second-order valence-electron chi connectivity index (χ2n) is 7.39. The first kappa shape index (κ1) is 21.4. The van der Waals surface area contributed by atoms with Crippen LogP contribution in [0.1, 0.15) is 23.1 Å². The van der Waals surface area contributed by atoms with Crippen molar-refractivity contribution < 1.29 is 17.6 Å². The van der Waals surface area contributed by atoms with E-state index in [1.54, 1.807) is 48.5 Å². The van der Waals surface area contributed by atoms with E-state index in [1.807, 2.05) is 6.07 Å². The largest absolute Gasteiger partial charge is 0.206 e. The maximum Gasteiger partial charge on any atom is 0.195 e. The van der Waals surface area contributed by atoms with E-state index in [1.165, 1.54) is 12.1 Å². The Morgan fingerprint density at radius 1 is 0.719 bits per heavy atom. The third-order valence-electron chi connectivity index (χ3n) is 5.19. The molecule has 0 fully saturated rings. The fraction of sp³-hybridized carbons (Fsp3) is 0.0714. The lowest BCUT2D eigenvalue weighted by atomic mass is 10.00. The number of allylic oxidation sites excluding steroid dienone is 1. The molecule has 0 amide bonds. The molecule has 0 bridgehead atoms. The fourth-order valence-corrected chi connectivity index (χ4v) is 3.48. The first-order valence-electron chi connectivity index (χ1n) is 10.1. The van der Waals surface area contributed by atoms with Crippen molar-refractivity contribution in [3.63, 3.8) is 0 Å². The number of benzene rings is 4. The number of aryl methyl sites for hydroxylation is 1. The van der Waals surface area contributed by atoms with Crippen molar-refractivity contribution in [2.45, 2.75) is 12.8 Å². The zero-order chi connectivity index (χ0) is 22.7. The van der Waals surface area contributed by atoms with Gasteiger partial charge in [0.15, 0.2) is 17.5 Å². The van der Waals surface area contributed by atoms with Crippen LogP contribution in [0.5, 0.6) is 0 Å². The lowest BCUT2D eigenvalue weighted by Gasteiger charge is -2.06. The quantitative estimate of drug-likeness (QED) is 0.135. The lowest BCUT2D eigenvalue weighted by molar-refractivity contribution is 0.453. The Labute approximate surface area is 183 Å². The van der Waals surface area contributed by atoms with Gasteiger partial charge in [0.05, 0.1) is 0 Å². The van der Waals surface area contributed by atoms with Crippen LogP contribution in [0.15, 0.2) is 79.4 Å². The van der Waals surface area contributed by atoms with E-state index in [2.05, 4.69) is 18.4 Å². The van der Waals surface area contributed by atoms with Crippen LogP contribution in [-0.4, -0.2) is 0 Å². The van der Waals surface area contributed by atoms with Crippen molar-refractivity contribution in [2.75, 3.05) is 0 Å². The summed E-state index contributed by atoms with van der Waals surface area (Å²) >= 11 is 0. The Morgan fingerprint density at radius 2 is 1.44 bits per heavy atom. The highest BCUT2D eigenvalue weighted by atomic mass is 19.2. The second-order valence-corrected chi connectivity index (χ2v) is 7.39. The van der Waals surface area contributed by atoms with Crippen LogP contribution in [0.25, 0.3) is 21.9 Å². The van der Waals surface area contributed by atoms with E-state index in [-0.39, 0.29) is 16.6 Å². The molecule has 0 nitrogen and oxygen atoms in total. The van der Waals surface area contributed by atoms with E-state index >= 15 is 0 Å². The van der Waals surface area contributed by atoms with Gasteiger partial charge in [0.25, 0.3) is 0 Å². The normalized spacial score (nSPS) is 10.6. The minimum absolute atomic E-state index is 0.00339. The maximum atomic E-state index is 14.5. The first-order chi connectivity index (χ1) is 15.5. The van der Waals surface area contributed by atoms with E-state index in [9.17, 15) is 17.6 Å². The highest BCUT2D eigenvalue weighted by molar-refractivity contribution is 5.84. The zero-order valence-electron chi connectivity index (χ0n) is 17.1. The number of halogens is 4. The van der Waals surface area contributed by atoms with Gasteiger partial charge in [-0.15, -0.1) is 6.58 Å². The molecule has 0 heterocycles. The highest BCUT2D eigenvalue weighted by Gasteiger charge is 2.13. The van der Waals surface area contributed by atoms with Gasteiger partial charge in [0, 0.05) is 22.1 Å². The minimum Gasteiger partial charge on any atom is -0.206 e. The Balaban J connectivity index is 1.56. The average Bonchev–Trinajstić information content (AvgIpc) is 2.80. The summed E-state index contributed by atoms with van der Waals surface area (Å²) in [6, 6.07) is 17.7. The first-order valence-corrected chi connectivity index (χ1v) is 10.1. The van der Waals surface area contributed by atoms with Crippen LogP contribution in [0, 0.1) is 35.1 Å². The number of rotatable bonds is 4. The molecule has 0 N–H and O–H groups in total. The van der Waals surface area contributed by atoms with Crippen LogP contribution >= 0.6 is 0 Å². The summed E-state index contributed by atoms with van der Waals surface area (Å²) in [7, 11) is 0. The van der Waals surface area contributed by atoms with Gasteiger partial charge in [-0.1, -0.05) is 48.2 Å². The molecule has 4 rings (SSSR count). The van der Waals surface area contributed by atoms with Crippen LogP contribution < -0.4 is 0 Å². The standard InChI is InChI=1S/C28H18F4/c1-2-3-4-19-9-13-23(25(29)16-19)21-11-7-18(8-12-21)5-6-20-10-14-24-22(15-20)17-26(30)28(32)27(24)31/h2,7-17H,1,3-4H2. The summed E-state index contributed by atoms with van der Waals surface area (Å²) in [5, 5.41) is 0.229. The molecule has 4 aromatic carbocycles. The number of hydrogen-bond acceptors (Lipinski definition) is 0. The molecular formula is C28H18F4. The molecule has 0 saturated carbocycles. The fourth-order valence-electron chi connectivity index (χ4n) is 3.48. The predicted octanol–water partition coefficient (Wildman–Crippen LogP) is 7.58. The second kappa shape index (κ2) is 9.11. The molecule has 0 atom stereocenters. The minimum atomic E-state index is -1.49. The molecule has 0 saturated heterocycles. The van der Waals surface area contributed by atoms with Gasteiger partial charge >= 0.3 is 0 Å². The van der Waals surface area contributed by atoms with Gasteiger partial charge in [0.1, 0.15) is 5.82 Å². The van der Waals surface area contributed by atoms with Crippen molar-refractivity contribution in [3.05, 3.63) is 119 Å². The molecule has 0 unspecified atom stereocenters. The van der Waals surface area contributed by atoms with Crippen LogP contribution in [-0.2, 0) is 6.42 Å². The Morgan fingerprint density at radius 3 is 2.16 bits per heavy atom. The molecule has 4 aromatic rings. The van der Waals surface area contributed by atoms with E-state index in [0.29, 0.717) is 16.7 Å². The number of hydrogen-bond donors (Lipinski definition) is 0. The van der Waals surface area contributed by atoms with Crippen molar-refractivity contribution >= 4 is 10.8 Å². The van der Waals surface area contributed by atoms with Crippen molar-refractivity contribution in [1.29, 1.82) is 0 Å². The van der Waals surface area contributed by atoms with Crippen molar-refractivity contribution in [3.8, 4) is 23.0 Å². The Hall–Kier alpha value is -3.84. The molecule has 0 aromatic heterocycles. The van der Waals surface area contributed by atoms with Crippen molar-refractivity contribution in [1.82, 2.24) is 0 Å². The molecule has 0 aliphatic rings. The van der Waals surface area contributed by atoms with Gasteiger partial charge in [-0.25, -0.2) is 17.6 Å². The Bertz CT molecular complexity index is 1370. The number of fused-ring (bicyclic) bond motifs is 1. The maximum absolute atomic E-state index is 14.5. The van der Waals surface area contributed by atoms with Crippen molar-refractivity contribution in [2.24, 2.45) is 0 Å². The van der Waals surface area contributed by atoms with Gasteiger partial charge in [-0.2, -0.15) is 0 Å². The third-order valence-corrected chi connectivity index (χ3v) is 5.19. The van der Waals surface area contributed by atoms with E-state index < -0.39 is 17.5 Å².